The molecule has 0 radical (unpaired) electrons. The summed E-state index contributed by atoms with van der Waals surface area (Å²) in [4.78, 5) is 24.7. The van der Waals surface area contributed by atoms with Crippen molar-refractivity contribution in [3.05, 3.63) is 106 Å². The van der Waals surface area contributed by atoms with Gasteiger partial charge in [-0.1, -0.05) is 48.0 Å². The molecule has 0 saturated heterocycles. The molecule has 4 aromatic rings. The number of halogens is 1. The summed E-state index contributed by atoms with van der Waals surface area (Å²) < 4.78 is 17.0. The molecule has 0 spiro atoms. The Hall–Kier alpha value is -4.80. The van der Waals surface area contributed by atoms with Gasteiger partial charge >= 0.3 is 5.97 Å². The quantitative estimate of drug-likeness (QED) is 0.121. The lowest BCUT2D eigenvalue weighted by Crippen LogP contribution is -2.13. The second kappa shape index (κ2) is 13.5. The van der Waals surface area contributed by atoms with E-state index in [0.717, 1.165) is 21.9 Å². The molecule has 0 unspecified atom stereocenters. The molecule has 208 valence electrons. The summed E-state index contributed by atoms with van der Waals surface area (Å²) in [5.41, 5.74) is 3.28. The Morgan fingerprint density at radius 1 is 0.976 bits per heavy atom. The monoisotopic (exact) mass is 568 g/mol. The highest BCUT2D eigenvalue weighted by Crippen LogP contribution is 2.38. The number of nitriles is 1. The third kappa shape index (κ3) is 7.05. The minimum atomic E-state index is -0.614. The molecule has 0 atom stereocenters. The molecule has 0 saturated carbocycles. The number of anilines is 1. The SMILES string of the molecule is CCOC(=O)c1ccc(NC(=O)/C(C#N)=C/c2cc(Cl)c(OCc3c(C)ccc4ccccc34)c(OCC)c2)cc1. The first-order chi connectivity index (χ1) is 19.8. The van der Waals surface area contributed by atoms with E-state index < -0.39 is 11.9 Å². The van der Waals surface area contributed by atoms with Gasteiger partial charge in [-0.3, -0.25) is 4.79 Å². The summed E-state index contributed by atoms with van der Waals surface area (Å²) in [6.07, 6.45) is 1.43. The smallest absolute Gasteiger partial charge is 0.338 e. The van der Waals surface area contributed by atoms with Crippen molar-refractivity contribution in [2.24, 2.45) is 0 Å². The van der Waals surface area contributed by atoms with Gasteiger partial charge in [-0.25, -0.2) is 4.79 Å². The van der Waals surface area contributed by atoms with Crippen molar-refractivity contribution >= 4 is 46.0 Å². The average Bonchev–Trinajstić information content (AvgIpc) is 2.97. The lowest BCUT2D eigenvalue weighted by molar-refractivity contribution is -0.112. The minimum Gasteiger partial charge on any atom is -0.490 e. The highest BCUT2D eigenvalue weighted by Gasteiger charge is 2.16. The van der Waals surface area contributed by atoms with Gasteiger partial charge in [0.2, 0.25) is 0 Å². The zero-order valence-corrected chi connectivity index (χ0v) is 23.7. The van der Waals surface area contributed by atoms with E-state index in [4.69, 9.17) is 25.8 Å². The van der Waals surface area contributed by atoms with Crippen molar-refractivity contribution in [3.63, 3.8) is 0 Å². The Bertz CT molecular complexity index is 1660. The number of esters is 1. The number of carbonyl (C=O) groups excluding carboxylic acids is 2. The Labute approximate surface area is 243 Å². The van der Waals surface area contributed by atoms with E-state index in [0.29, 0.717) is 34.9 Å². The lowest BCUT2D eigenvalue weighted by Gasteiger charge is -2.16. The van der Waals surface area contributed by atoms with Gasteiger partial charge in [0, 0.05) is 11.3 Å². The summed E-state index contributed by atoms with van der Waals surface area (Å²) in [5.74, 6) is -0.291. The molecule has 1 amide bonds. The molecular weight excluding hydrogens is 540 g/mol. The van der Waals surface area contributed by atoms with Crippen LogP contribution in [0, 0.1) is 18.3 Å². The van der Waals surface area contributed by atoms with Gasteiger partial charge in [0.25, 0.3) is 5.91 Å². The fraction of sp³-hybridized carbons (Fsp3) is 0.182. The predicted molar refractivity (Wildman–Crippen MR) is 160 cm³/mol. The zero-order chi connectivity index (χ0) is 29.4. The summed E-state index contributed by atoms with van der Waals surface area (Å²) in [6.45, 7) is 6.51. The molecule has 0 fully saturated rings. The van der Waals surface area contributed by atoms with Gasteiger partial charge in [-0.2, -0.15) is 5.26 Å². The van der Waals surface area contributed by atoms with Gasteiger partial charge in [0.1, 0.15) is 18.2 Å². The summed E-state index contributed by atoms with van der Waals surface area (Å²) in [7, 11) is 0. The Kier molecular flexibility index (Phi) is 9.62. The van der Waals surface area contributed by atoms with Crippen LogP contribution in [0.3, 0.4) is 0 Å². The number of hydrogen-bond donors (Lipinski definition) is 1. The first-order valence-electron chi connectivity index (χ1n) is 13.1. The third-order valence-corrected chi connectivity index (χ3v) is 6.58. The number of ether oxygens (including phenoxy) is 3. The molecule has 0 heterocycles. The molecule has 4 rings (SSSR count). The molecule has 0 aliphatic heterocycles. The van der Waals surface area contributed by atoms with Gasteiger partial charge in [0.05, 0.1) is 23.8 Å². The van der Waals surface area contributed by atoms with Crippen LogP contribution >= 0.6 is 11.6 Å². The van der Waals surface area contributed by atoms with E-state index in [9.17, 15) is 14.9 Å². The van der Waals surface area contributed by atoms with E-state index in [1.165, 1.54) is 18.2 Å². The molecule has 41 heavy (non-hydrogen) atoms. The van der Waals surface area contributed by atoms with E-state index >= 15 is 0 Å². The number of amides is 1. The topological polar surface area (TPSA) is 97.7 Å². The third-order valence-electron chi connectivity index (χ3n) is 6.30. The number of aryl methyl sites for hydroxylation is 1. The van der Waals surface area contributed by atoms with Crippen molar-refractivity contribution < 1.29 is 23.8 Å². The van der Waals surface area contributed by atoms with Crippen LogP contribution in [0.25, 0.3) is 16.8 Å². The van der Waals surface area contributed by atoms with Crippen LogP contribution in [0.15, 0.2) is 78.4 Å². The highest BCUT2D eigenvalue weighted by atomic mass is 35.5. The zero-order valence-electron chi connectivity index (χ0n) is 23.0. The molecule has 8 heteroatoms. The molecule has 7 nitrogen and oxygen atoms in total. The molecular formula is C33H29ClN2O5. The standard InChI is InChI=1S/C33H29ClN2O5/c1-4-39-30-18-22(16-25(19-35)32(37)36-26-14-12-24(13-15-26)33(38)40-5-2)17-29(34)31(30)41-20-28-21(3)10-11-23-8-6-7-9-27(23)28/h6-18H,4-5,20H2,1-3H3,(H,36,37)/b25-16+. The van der Waals surface area contributed by atoms with Gasteiger partial charge < -0.3 is 19.5 Å². The molecule has 0 aliphatic rings. The fourth-order valence-corrected chi connectivity index (χ4v) is 4.55. The summed E-state index contributed by atoms with van der Waals surface area (Å²) >= 11 is 6.64. The van der Waals surface area contributed by atoms with Crippen LogP contribution in [-0.2, 0) is 16.1 Å². The average molecular weight is 569 g/mol. The molecule has 1 N–H and O–H groups in total. The van der Waals surface area contributed by atoms with Crippen LogP contribution in [0.2, 0.25) is 5.02 Å². The number of nitrogens with zero attached hydrogens (tertiary/aromatic N) is 1. The predicted octanol–water partition coefficient (Wildman–Crippen LogP) is 7.50. The van der Waals surface area contributed by atoms with Crippen LogP contribution in [-0.4, -0.2) is 25.1 Å². The normalized spacial score (nSPS) is 11.0. The van der Waals surface area contributed by atoms with Crippen molar-refractivity contribution in [1.29, 1.82) is 5.26 Å². The molecule has 0 aromatic heterocycles. The van der Waals surface area contributed by atoms with Crippen LogP contribution in [0.4, 0.5) is 5.69 Å². The number of carbonyl (C=O) groups is 2. The van der Waals surface area contributed by atoms with Crippen LogP contribution in [0.5, 0.6) is 11.5 Å². The number of rotatable bonds is 10. The van der Waals surface area contributed by atoms with Crippen LogP contribution < -0.4 is 14.8 Å². The van der Waals surface area contributed by atoms with E-state index in [-0.39, 0.29) is 23.8 Å². The van der Waals surface area contributed by atoms with Crippen molar-refractivity contribution in [2.75, 3.05) is 18.5 Å². The van der Waals surface area contributed by atoms with Gasteiger partial charge in [-0.05, 0) is 85.1 Å². The summed E-state index contributed by atoms with van der Waals surface area (Å²) in [5, 5.41) is 14.9. The van der Waals surface area contributed by atoms with Crippen molar-refractivity contribution in [3.8, 4) is 17.6 Å². The maximum Gasteiger partial charge on any atom is 0.338 e. The van der Waals surface area contributed by atoms with E-state index in [1.807, 2.05) is 32.0 Å². The maximum absolute atomic E-state index is 12.8. The second-order valence-corrected chi connectivity index (χ2v) is 9.46. The number of nitrogens with one attached hydrogen (secondary N) is 1. The maximum atomic E-state index is 12.8. The number of benzene rings is 4. The lowest BCUT2D eigenvalue weighted by atomic mass is 10.0. The fourth-order valence-electron chi connectivity index (χ4n) is 4.27. The first kappa shape index (κ1) is 29.2. The number of hydrogen-bond acceptors (Lipinski definition) is 6. The van der Waals surface area contributed by atoms with Gasteiger partial charge in [0.15, 0.2) is 11.5 Å². The Balaban J connectivity index is 1.55. The largest absolute Gasteiger partial charge is 0.490 e. The summed E-state index contributed by atoms with van der Waals surface area (Å²) in [6, 6.07) is 23.7. The Morgan fingerprint density at radius 3 is 2.44 bits per heavy atom. The van der Waals surface area contributed by atoms with Crippen molar-refractivity contribution in [1.82, 2.24) is 0 Å². The first-order valence-corrected chi connectivity index (χ1v) is 13.5. The second-order valence-electron chi connectivity index (χ2n) is 9.06. The van der Waals surface area contributed by atoms with Crippen molar-refractivity contribution in [2.45, 2.75) is 27.4 Å². The van der Waals surface area contributed by atoms with E-state index in [2.05, 4.69) is 29.6 Å². The molecule has 0 aliphatic carbocycles. The highest BCUT2D eigenvalue weighted by molar-refractivity contribution is 6.32. The van der Waals surface area contributed by atoms with Gasteiger partial charge in [-0.15, -0.1) is 0 Å². The molecule has 0 bridgehead atoms. The Morgan fingerprint density at radius 2 is 1.73 bits per heavy atom. The van der Waals surface area contributed by atoms with E-state index in [1.54, 1.807) is 31.2 Å². The molecule has 4 aromatic carbocycles. The minimum absolute atomic E-state index is 0.141. The van der Waals surface area contributed by atoms with Crippen LogP contribution in [0.1, 0.15) is 40.9 Å². The number of fused-ring (bicyclic) bond motifs is 1.